The van der Waals surface area contributed by atoms with Gasteiger partial charge in [-0.2, -0.15) is 4.98 Å². The van der Waals surface area contributed by atoms with Crippen molar-refractivity contribution in [2.24, 2.45) is 0 Å². The number of carbonyl (C=O) groups excluding carboxylic acids is 1. The third-order valence-corrected chi connectivity index (χ3v) is 4.76. The summed E-state index contributed by atoms with van der Waals surface area (Å²) >= 11 is 0. The summed E-state index contributed by atoms with van der Waals surface area (Å²) in [5.41, 5.74) is 3.08. The van der Waals surface area contributed by atoms with E-state index in [0.29, 0.717) is 29.5 Å². The van der Waals surface area contributed by atoms with Gasteiger partial charge >= 0.3 is 0 Å². The van der Waals surface area contributed by atoms with E-state index in [2.05, 4.69) is 10.1 Å². The predicted octanol–water partition coefficient (Wildman–Crippen LogP) is 4.01. The van der Waals surface area contributed by atoms with E-state index >= 15 is 0 Å². The Morgan fingerprint density at radius 2 is 1.92 bits per heavy atom. The van der Waals surface area contributed by atoms with E-state index in [1.54, 1.807) is 24.0 Å². The van der Waals surface area contributed by atoms with Gasteiger partial charge < -0.3 is 9.42 Å². The Morgan fingerprint density at radius 3 is 2.69 bits per heavy atom. The number of aromatic nitrogens is 2. The number of benzene rings is 2. The second-order valence-corrected chi connectivity index (χ2v) is 6.61. The van der Waals surface area contributed by atoms with Crippen molar-refractivity contribution in [3.63, 3.8) is 0 Å². The van der Waals surface area contributed by atoms with Crippen molar-refractivity contribution in [3.05, 3.63) is 65.3 Å². The average molecular weight is 351 g/mol. The molecule has 0 N–H and O–H groups in total. The largest absolute Gasteiger partial charge is 0.339 e. The zero-order valence-corrected chi connectivity index (χ0v) is 14.6. The lowest BCUT2D eigenvalue weighted by atomic mass is 10.1. The minimum atomic E-state index is -0.321. The molecule has 5 nitrogen and oxygen atoms in total. The van der Waals surface area contributed by atoms with E-state index in [9.17, 15) is 9.18 Å². The summed E-state index contributed by atoms with van der Waals surface area (Å²) in [5.74, 6) is 0.354. The van der Waals surface area contributed by atoms with E-state index in [0.717, 1.165) is 11.1 Å². The molecule has 1 amide bonds. The molecule has 0 spiro atoms. The first-order valence-electron chi connectivity index (χ1n) is 8.49. The number of hydrogen-bond acceptors (Lipinski definition) is 4. The summed E-state index contributed by atoms with van der Waals surface area (Å²) in [4.78, 5) is 18.5. The molecule has 1 aliphatic heterocycles. The van der Waals surface area contributed by atoms with Crippen LogP contribution in [0.1, 0.15) is 29.4 Å². The Hall–Kier alpha value is -3.02. The quantitative estimate of drug-likeness (QED) is 0.715. The van der Waals surface area contributed by atoms with Gasteiger partial charge in [-0.25, -0.2) is 4.39 Å². The Bertz CT molecular complexity index is 965. The van der Waals surface area contributed by atoms with Crippen molar-refractivity contribution < 1.29 is 13.7 Å². The highest BCUT2D eigenvalue weighted by Crippen LogP contribution is 2.34. The number of aryl methyl sites for hydroxylation is 1. The third-order valence-electron chi connectivity index (χ3n) is 4.76. The zero-order valence-electron chi connectivity index (χ0n) is 14.6. The molecule has 1 aromatic heterocycles. The van der Waals surface area contributed by atoms with E-state index in [1.807, 2.05) is 31.2 Å². The molecular formula is C20H18FN3O2. The summed E-state index contributed by atoms with van der Waals surface area (Å²) in [6, 6.07) is 12.6. The van der Waals surface area contributed by atoms with Crippen LogP contribution in [0.4, 0.5) is 10.1 Å². The van der Waals surface area contributed by atoms with E-state index in [1.165, 1.54) is 6.07 Å². The van der Waals surface area contributed by atoms with Gasteiger partial charge in [0.1, 0.15) is 5.82 Å². The molecule has 1 atom stereocenters. The minimum absolute atomic E-state index is 0.0706. The number of hydrogen-bond donors (Lipinski definition) is 0. The first kappa shape index (κ1) is 16.4. The monoisotopic (exact) mass is 351 g/mol. The summed E-state index contributed by atoms with van der Waals surface area (Å²) in [6.07, 6.45) is 0.269. The fourth-order valence-electron chi connectivity index (χ4n) is 3.22. The maximum Gasteiger partial charge on any atom is 0.232 e. The lowest BCUT2D eigenvalue weighted by Crippen LogP contribution is -2.25. The van der Waals surface area contributed by atoms with Crippen molar-refractivity contribution >= 4 is 11.6 Å². The highest BCUT2D eigenvalue weighted by atomic mass is 19.1. The van der Waals surface area contributed by atoms with Crippen molar-refractivity contribution in [2.45, 2.75) is 26.2 Å². The molecule has 3 aromatic rings. The third kappa shape index (κ3) is 2.87. The molecule has 1 fully saturated rings. The van der Waals surface area contributed by atoms with Gasteiger partial charge in [-0.1, -0.05) is 41.1 Å². The van der Waals surface area contributed by atoms with E-state index in [-0.39, 0.29) is 24.1 Å². The van der Waals surface area contributed by atoms with Crippen LogP contribution in [-0.4, -0.2) is 22.6 Å². The molecule has 0 radical (unpaired) electrons. The Morgan fingerprint density at radius 1 is 1.15 bits per heavy atom. The van der Waals surface area contributed by atoms with Crippen LogP contribution >= 0.6 is 0 Å². The maximum atomic E-state index is 13.8. The normalized spacial score (nSPS) is 17.1. The molecule has 0 saturated carbocycles. The number of amides is 1. The molecule has 4 rings (SSSR count). The molecule has 0 bridgehead atoms. The molecule has 1 saturated heterocycles. The van der Waals surface area contributed by atoms with Gasteiger partial charge in [0.15, 0.2) is 0 Å². The number of rotatable bonds is 3. The van der Waals surface area contributed by atoms with Gasteiger partial charge in [-0.15, -0.1) is 0 Å². The molecule has 0 aliphatic carbocycles. The molecule has 2 heterocycles. The van der Waals surface area contributed by atoms with Crippen LogP contribution in [0.2, 0.25) is 0 Å². The first-order chi connectivity index (χ1) is 12.5. The molecule has 1 aliphatic rings. The standard InChI is InChI=1S/C20H18FN3O2/c1-12-6-8-14(9-7-12)19-22-20(26-23-19)15-10-18(25)24(11-15)17-5-3-4-16(21)13(17)2/h3-9,15H,10-11H2,1-2H3. The van der Waals surface area contributed by atoms with Crippen LogP contribution in [0.5, 0.6) is 0 Å². The minimum Gasteiger partial charge on any atom is -0.339 e. The van der Waals surface area contributed by atoms with Crippen molar-refractivity contribution in [1.29, 1.82) is 0 Å². The van der Waals surface area contributed by atoms with Gasteiger partial charge in [0.2, 0.25) is 17.6 Å². The lowest BCUT2D eigenvalue weighted by molar-refractivity contribution is -0.117. The SMILES string of the molecule is Cc1ccc(-c2noc(C3CC(=O)N(c4cccc(F)c4C)C3)n2)cc1. The van der Waals surface area contributed by atoms with E-state index in [4.69, 9.17) is 4.52 Å². The molecular weight excluding hydrogens is 333 g/mol. The topological polar surface area (TPSA) is 59.2 Å². The maximum absolute atomic E-state index is 13.8. The first-order valence-corrected chi connectivity index (χ1v) is 8.49. The summed E-state index contributed by atoms with van der Waals surface area (Å²) < 4.78 is 19.2. The Kier molecular flexibility index (Phi) is 4.03. The lowest BCUT2D eigenvalue weighted by Gasteiger charge is -2.18. The zero-order chi connectivity index (χ0) is 18.3. The molecule has 1 unspecified atom stereocenters. The number of nitrogens with zero attached hydrogens (tertiary/aromatic N) is 3. The molecule has 132 valence electrons. The summed E-state index contributed by atoms with van der Waals surface area (Å²) in [5, 5.41) is 4.04. The molecule has 26 heavy (non-hydrogen) atoms. The van der Waals surface area contributed by atoms with Gasteiger partial charge in [0, 0.05) is 29.8 Å². The Labute approximate surface area is 150 Å². The van der Waals surface area contributed by atoms with Crippen LogP contribution in [0.15, 0.2) is 47.0 Å². The second kappa shape index (κ2) is 6.37. The highest BCUT2D eigenvalue weighted by Gasteiger charge is 2.36. The van der Waals surface area contributed by atoms with Crippen LogP contribution in [-0.2, 0) is 4.79 Å². The van der Waals surface area contributed by atoms with Crippen LogP contribution in [0.25, 0.3) is 11.4 Å². The van der Waals surface area contributed by atoms with Crippen molar-refractivity contribution in [3.8, 4) is 11.4 Å². The summed E-state index contributed by atoms with van der Waals surface area (Å²) in [6.45, 7) is 4.09. The van der Waals surface area contributed by atoms with Crippen molar-refractivity contribution in [1.82, 2.24) is 10.1 Å². The second-order valence-electron chi connectivity index (χ2n) is 6.61. The number of carbonyl (C=O) groups is 1. The van der Waals surface area contributed by atoms with Crippen LogP contribution < -0.4 is 4.90 Å². The molecule has 2 aromatic carbocycles. The number of anilines is 1. The fourth-order valence-corrected chi connectivity index (χ4v) is 3.22. The van der Waals surface area contributed by atoms with Crippen LogP contribution in [0, 0.1) is 19.7 Å². The number of halogens is 1. The van der Waals surface area contributed by atoms with Crippen LogP contribution in [0.3, 0.4) is 0 Å². The van der Waals surface area contributed by atoms with E-state index < -0.39 is 0 Å². The summed E-state index contributed by atoms with van der Waals surface area (Å²) in [7, 11) is 0. The average Bonchev–Trinajstić information content (AvgIpc) is 3.25. The predicted molar refractivity (Wildman–Crippen MR) is 95.3 cm³/mol. The highest BCUT2D eigenvalue weighted by molar-refractivity contribution is 5.97. The fraction of sp³-hybridized carbons (Fsp3) is 0.250. The Balaban J connectivity index is 1.58. The van der Waals surface area contributed by atoms with Gasteiger partial charge in [0.05, 0.1) is 5.92 Å². The smallest absolute Gasteiger partial charge is 0.232 e. The van der Waals surface area contributed by atoms with Gasteiger partial charge in [0.25, 0.3) is 0 Å². The van der Waals surface area contributed by atoms with Crippen molar-refractivity contribution in [2.75, 3.05) is 11.4 Å². The molecule has 6 heteroatoms. The van der Waals surface area contributed by atoms with Gasteiger partial charge in [-0.3, -0.25) is 4.79 Å². The van der Waals surface area contributed by atoms with Gasteiger partial charge in [-0.05, 0) is 26.0 Å².